The largest absolute Gasteiger partial charge is 0.444 e. The highest BCUT2D eigenvalue weighted by atomic mass is 35.5. The third-order valence-corrected chi connectivity index (χ3v) is 12.7. The van der Waals surface area contributed by atoms with Crippen molar-refractivity contribution in [3.8, 4) is 0 Å². The molecule has 1 aromatic carbocycles. The highest BCUT2D eigenvalue weighted by Gasteiger charge is 2.62. The van der Waals surface area contributed by atoms with Crippen LogP contribution in [-0.2, 0) is 42.2 Å². The van der Waals surface area contributed by atoms with Crippen molar-refractivity contribution < 1.29 is 37.1 Å². The Balaban J connectivity index is 1.25. The summed E-state index contributed by atoms with van der Waals surface area (Å²) < 4.78 is 33.6. The molecule has 6 rings (SSSR count). The van der Waals surface area contributed by atoms with E-state index in [1.54, 1.807) is 12.1 Å². The number of sulfonamides is 1. The summed E-state index contributed by atoms with van der Waals surface area (Å²) >= 11 is 12.4. The molecule has 0 spiro atoms. The van der Waals surface area contributed by atoms with E-state index in [0.717, 1.165) is 24.0 Å². The zero-order chi connectivity index (χ0) is 37.6. The molecule has 284 valence electrons. The average molecular weight is 782 g/mol. The molecule has 3 fully saturated rings. The molecule has 3 heterocycles. The lowest BCUT2D eigenvalue weighted by molar-refractivity contribution is -0.141. The summed E-state index contributed by atoms with van der Waals surface area (Å²) in [7, 11) is -3.91. The van der Waals surface area contributed by atoms with Crippen LogP contribution in [0.25, 0.3) is 0 Å². The molecule has 0 aromatic heterocycles. The minimum atomic E-state index is -3.91. The first-order valence-corrected chi connectivity index (χ1v) is 20.1. The zero-order valence-electron chi connectivity index (χ0n) is 29.5. The van der Waals surface area contributed by atoms with Gasteiger partial charge in [-0.15, -0.1) is 0 Å². The molecule has 5 aliphatic rings. The number of carbonyl (C=O) groups excluding carboxylic acids is 5. The van der Waals surface area contributed by atoms with Crippen molar-refractivity contribution in [1.82, 2.24) is 30.5 Å². The summed E-state index contributed by atoms with van der Waals surface area (Å²) in [4.78, 5) is 71.4. The van der Waals surface area contributed by atoms with Gasteiger partial charge in [0, 0.05) is 31.0 Å². The van der Waals surface area contributed by atoms with Gasteiger partial charge in [-0.1, -0.05) is 48.2 Å². The summed E-state index contributed by atoms with van der Waals surface area (Å²) in [5, 5.41) is 8.51. The molecule has 4 N–H and O–H groups in total. The Morgan fingerprint density at radius 2 is 1.67 bits per heavy atom. The average Bonchev–Trinajstić information content (AvgIpc) is 3.94. The lowest BCUT2D eigenvalue weighted by atomic mass is 10.0. The van der Waals surface area contributed by atoms with E-state index in [2.05, 4.69) is 20.7 Å². The lowest BCUT2D eigenvalue weighted by Crippen LogP contribution is -2.59. The van der Waals surface area contributed by atoms with Gasteiger partial charge in [0.25, 0.3) is 5.91 Å². The van der Waals surface area contributed by atoms with Crippen LogP contribution in [0, 0.1) is 5.92 Å². The van der Waals surface area contributed by atoms with Gasteiger partial charge in [0.15, 0.2) is 0 Å². The molecule has 0 bridgehead atoms. The fourth-order valence-corrected chi connectivity index (χ4v) is 8.86. The van der Waals surface area contributed by atoms with Crippen LogP contribution in [0.4, 0.5) is 9.59 Å². The van der Waals surface area contributed by atoms with E-state index < -0.39 is 80.3 Å². The number of nitrogens with one attached hydrogen (secondary N) is 4. The minimum Gasteiger partial charge on any atom is -0.444 e. The van der Waals surface area contributed by atoms with Crippen LogP contribution in [0.15, 0.2) is 24.3 Å². The van der Waals surface area contributed by atoms with Crippen LogP contribution in [0.3, 0.4) is 0 Å². The number of urea groups is 1. The Hall–Kier alpha value is -3.56. The number of nitrogens with zero attached hydrogens (tertiary/aromatic N) is 2. The number of ether oxygens (including phenoxy) is 1. The normalized spacial score (nSPS) is 28.6. The van der Waals surface area contributed by atoms with E-state index in [4.69, 9.17) is 27.9 Å². The van der Waals surface area contributed by atoms with Gasteiger partial charge in [0.05, 0.1) is 21.8 Å². The predicted molar refractivity (Wildman–Crippen MR) is 193 cm³/mol. The molecule has 1 aromatic rings. The molecule has 2 aliphatic carbocycles. The Bertz CT molecular complexity index is 1750. The van der Waals surface area contributed by atoms with Gasteiger partial charge in [0.1, 0.15) is 23.7 Å². The molecule has 1 saturated heterocycles. The number of allylic oxidation sites excluding steroid dienone is 1. The fourth-order valence-electron chi connectivity index (χ4n) is 7.12. The Morgan fingerprint density at radius 1 is 1.00 bits per heavy atom. The van der Waals surface area contributed by atoms with Crippen molar-refractivity contribution >= 4 is 63.1 Å². The van der Waals surface area contributed by atoms with Crippen LogP contribution >= 0.6 is 23.2 Å². The number of halogens is 2. The summed E-state index contributed by atoms with van der Waals surface area (Å²) in [6.45, 7) is 5.76. The van der Waals surface area contributed by atoms with Gasteiger partial charge in [-0.3, -0.25) is 24.0 Å². The molecular weight excluding hydrogens is 735 g/mol. The Kier molecular flexibility index (Phi) is 10.8. The summed E-state index contributed by atoms with van der Waals surface area (Å²) in [5.41, 5.74) is -0.471. The van der Waals surface area contributed by atoms with Crippen molar-refractivity contribution in [3.05, 3.63) is 45.5 Å². The number of rotatable bonds is 5. The van der Waals surface area contributed by atoms with Crippen molar-refractivity contribution in [1.29, 1.82) is 0 Å². The summed E-state index contributed by atoms with van der Waals surface area (Å²) in [6.07, 6.45) is 6.35. The monoisotopic (exact) mass is 780 g/mol. The molecule has 2 saturated carbocycles. The van der Waals surface area contributed by atoms with Crippen molar-refractivity contribution in [3.63, 3.8) is 0 Å². The van der Waals surface area contributed by atoms with Crippen molar-refractivity contribution in [2.24, 2.45) is 5.92 Å². The van der Waals surface area contributed by atoms with E-state index >= 15 is 0 Å². The standard InChI is InChI=1S/C35H46Cl2N6O8S/c1-34(2,3)40-32(47)38-27-10-8-6-4-5-7-9-22-16-35(22,31(46)41-52(49,50)24-11-12-24)39-29(44)28-15-23(19-43(28)30(27)45)51-33(48)42-17-20-13-25(36)26(37)14-21(20)18-42/h7,9,13-14,22-24,27-28H,4-6,8,10-12,15-19H2,1-3H3,(H,39,44)(H,41,46)(H2,38,40,47)/b9-7+/t22-,23-,27+,28+,35-/m1/s1. The van der Waals surface area contributed by atoms with Gasteiger partial charge in [-0.2, -0.15) is 0 Å². The number of hydrogen-bond acceptors (Lipinski definition) is 8. The van der Waals surface area contributed by atoms with E-state index in [1.807, 2.05) is 32.9 Å². The Labute approximate surface area is 313 Å². The van der Waals surface area contributed by atoms with Crippen LogP contribution in [0.2, 0.25) is 10.0 Å². The molecule has 6 amide bonds. The summed E-state index contributed by atoms with van der Waals surface area (Å²) in [5.74, 6) is -2.49. The first-order valence-electron chi connectivity index (χ1n) is 17.8. The molecule has 3 aliphatic heterocycles. The number of fused-ring (bicyclic) bond motifs is 3. The fraction of sp³-hybridized carbons (Fsp3) is 0.629. The van der Waals surface area contributed by atoms with Gasteiger partial charge in [0.2, 0.25) is 21.8 Å². The third kappa shape index (κ3) is 8.62. The van der Waals surface area contributed by atoms with Crippen LogP contribution < -0.4 is 20.7 Å². The molecule has 5 atom stereocenters. The SMILES string of the molecule is CC(C)(C)NC(=O)N[C@H]1CCCCC/C=C/[C@@H]2C[C@@]2(C(=O)NS(=O)(=O)C2CC2)NC(=O)[C@@H]2C[C@@H](OC(=O)N3Cc4cc(Cl)c(Cl)cc4C3)CN2C1=O. The first kappa shape index (κ1) is 38.2. The van der Waals surface area contributed by atoms with Gasteiger partial charge in [-0.05, 0) is 82.6 Å². The first-order chi connectivity index (χ1) is 24.5. The maximum atomic E-state index is 14.3. The zero-order valence-corrected chi connectivity index (χ0v) is 31.8. The molecule has 14 nitrogen and oxygen atoms in total. The third-order valence-electron chi connectivity index (χ3n) is 10.1. The molecule has 0 radical (unpaired) electrons. The second-order valence-corrected chi connectivity index (χ2v) is 18.3. The van der Waals surface area contributed by atoms with Crippen molar-refractivity contribution in [2.75, 3.05) is 6.54 Å². The highest BCUT2D eigenvalue weighted by molar-refractivity contribution is 7.91. The topological polar surface area (TPSA) is 183 Å². The van der Waals surface area contributed by atoms with Crippen LogP contribution in [0.1, 0.15) is 89.7 Å². The van der Waals surface area contributed by atoms with Gasteiger partial charge >= 0.3 is 12.1 Å². The Morgan fingerprint density at radius 3 is 2.31 bits per heavy atom. The smallest absolute Gasteiger partial charge is 0.410 e. The second kappa shape index (κ2) is 14.7. The summed E-state index contributed by atoms with van der Waals surface area (Å²) in [6, 6.07) is 0.677. The lowest BCUT2D eigenvalue weighted by Gasteiger charge is -2.30. The quantitative estimate of drug-likeness (QED) is 0.325. The molecular formula is C35H46Cl2N6O8S. The van der Waals surface area contributed by atoms with Crippen LogP contribution in [0.5, 0.6) is 0 Å². The van der Waals surface area contributed by atoms with Crippen molar-refractivity contribution in [2.45, 2.75) is 126 Å². The molecule has 0 unspecified atom stereocenters. The van der Waals surface area contributed by atoms with E-state index in [1.165, 1.54) is 9.80 Å². The molecule has 17 heteroatoms. The number of benzene rings is 1. The highest BCUT2D eigenvalue weighted by Crippen LogP contribution is 2.46. The maximum Gasteiger partial charge on any atom is 0.410 e. The van der Waals surface area contributed by atoms with Gasteiger partial charge < -0.3 is 25.6 Å². The van der Waals surface area contributed by atoms with E-state index in [-0.39, 0.29) is 32.5 Å². The minimum absolute atomic E-state index is 0.0821. The van der Waals surface area contributed by atoms with E-state index in [0.29, 0.717) is 42.1 Å². The van der Waals surface area contributed by atoms with E-state index in [9.17, 15) is 32.4 Å². The number of carbonyl (C=O) groups is 5. The number of amides is 6. The molecule has 52 heavy (non-hydrogen) atoms. The maximum absolute atomic E-state index is 14.3. The van der Waals surface area contributed by atoms with Crippen LogP contribution in [-0.4, -0.2) is 89.1 Å². The predicted octanol–water partition coefficient (Wildman–Crippen LogP) is 3.89. The van der Waals surface area contributed by atoms with Gasteiger partial charge in [-0.25, -0.2) is 18.0 Å². The second-order valence-electron chi connectivity index (χ2n) is 15.6. The number of hydrogen-bond donors (Lipinski definition) is 4.